The number of carbonyl (C=O) groups excluding carboxylic acids is 1. The molecule has 7 heteroatoms. The van der Waals surface area contributed by atoms with Crippen LogP contribution in [0.15, 0.2) is 28.7 Å². The lowest BCUT2D eigenvalue weighted by Gasteiger charge is -2.19. The summed E-state index contributed by atoms with van der Waals surface area (Å²) in [5, 5.41) is 15.2. The molecule has 0 amide bonds. The highest BCUT2D eigenvalue weighted by molar-refractivity contribution is 7.98. The number of fused-ring (bicyclic) bond motifs is 3. The van der Waals surface area contributed by atoms with Gasteiger partial charge in [0.2, 0.25) is 0 Å². The second-order valence-corrected chi connectivity index (χ2v) is 6.18. The molecule has 1 N–H and O–H groups in total. The summed E-state index contributed by atoms with van der Waals surface area (Å²) < 4.78 is 5.82. The lowest BCUT2D eigenvalue weighted by molar-refractivity contribution is -0.306. The number of furan rings is 1. The smallest absolute Gasteiger partial charge is 0.196 e. The molecular weight excluding hydrogens is 314 g/mol. The predicted molar refractivity (Wildman–Crippen MR) is 89.5 cm³/mol. The van der Waals surface area contributed by atoms with E-state index in [0.717, 1.165) is 5.39 Å². The Balaban J connectivity index is 2.07. The fraction of sp³-hybridized carbons (Fsp3) is 0.312. The van der Waals surface area contributed by atoms with Crippen LogP contribution in [0.25, 0.3) is 22.1 Å². The van der Waals surface area contributed by atoms with E-state index < -0.39 is 12.0 Å². The Hall–Kier alpha value is -2.28. The van der Waals surface area contributed by atoms with Gasteiger partial charge in [0.05, 0.1) is 12.0 Å². The average molecular weight is 330 g/mol. The first kappa shape index (κ1) is 15.6. The molecule has 1 aromatic carbocycles. The summed E-state index contributed by atoms with van der Waals surface area (Å²) >= 11 is 1.58. The second-order valence-electron chi connectivity index (χ2n) is 5.19. The van der Waals surface area contributed by atoms with E-state index in [1.807, 2.05) is 30.5 Å². The maximum absolute atomic E-state index is 11.3. The zero-order valence-electron chi connectivity index (χ0n) is 12.8. The third kappa shape index (κ3) is 3.10. The number of para-hydroxylation sites is 1. The molecule has 2 aromatic heterocycles. The quantitative estimate of drug-likeness (QED) is 0.739. The number of hydrogen-bond donors (Lipinski definition) is 1. The van der Waals surface area contributed by atoms with E-state index in [2.05, 4.69) is 15.3 Å². The Morgan fingerprint density at radius 1 is 1.39 bits per heavy atom. The van der Waals surface area contributed by atoms with Gasteiger partial charge < -0.3 is 19.6 Å². The molecule has 0 unspecified atom stereocenters. The van der Waals surface area contributed by atoms with Crippen LogP contribution in [0, 0.1) is 6.92 Å². The Morgan fingerprint density at radius 3 is 2.91 bits per heavy atom. The van der Waals surface area contributed by atoms with Gasteiger partial charge in [-0.25, -0.2) is 9.97 Å². The van der Waals surface area contributed by atoms with Gasteiger partial charge in [0.25, 0.3) is 0 Å². The zero-order valence-corrected chi connectivity index (χ0v) is 13.6. The van der Waals surface area contributed by atoms with E-state index in [4.69, 9.17) is 4.42 Å². The van der Waals surface area contributed by atoms with Crippen LogP contribution in [0.2, 0.25) is 0 Å². The largest absolute Gasteiger partial charge is 0.548 e. The van der Waals surface area contributed by atoms with Crippen molar-refractivity contribution in [3.63, 3.8) is 0 Å². The molecule has 3 aromatic rings. The van der Waals surface area contributed by atoms with Crippen LogP contribution in [0.1, 0.15) is 12.2 Å². The third-order valence-corrected chi connectivity index (χ3v) is 4.18. The molecule has 1 atom stereocenters. The van der Waals surface area contributed by atoms with E-state index in [1.54, 1.807) is 18.7 Å². The number of nitrogens with zero attached hydrogens (tertiary/aromatic N) is 2. The highest BCUT2D eigenvalue weighted by atomic mass is 32.2. The van der Waals surface area contributed by atoms with Crippen LogP contribution in [0.5, 0.6) is 0 Å². The molecule has 0 bridgehead atoms. The minimum absolute atomic E-state index is 0.388. The number of aryl methyl sites for hydroxylation is 1. The van der Waals surface area contributed by atoms with Gasteiger partial charge in [-0.05, 0) is 37.5 Å². The zero-order chi connectivity index (χ0) is 16.4. The fourth-order valence-electron chi connectivity index (χ4n) is 2.45. The van der Waals surface area contributed by atoms with Crippen LogP contribution in [0.3, 0.4) is 0 Å². The monoisotopic (exact) mass is 330 g/mol. The van der Waals surface area contributed by atoms with Gasteiger partial charge in [-0.3, -0.25) is 0 Å². The van der Waals surface area contributed by atoms with Crippen molar-refractivity contribution >= 4 is 45.6 Å². The first-order chi connectivity index (χ1) is 11.1. The maximum Gasteiger partial charge on any atom is 0.196 e. The third-order valence-electron chi connectivity index (χ3n) is 3.54. The van der Waals surface area contributed by atoms with Crippen molar-refractivity contribution in [3.05, 3.63) is 30.1 Å². The lowest BCUT2D eigenvalue weighted by Crippen LogP contribution is -2.41. The van der Waals surface area contributed by atoms with E-state index in [1.165, 1.54) is 0 Å². The topological polar surface area (TPSA) is 91.1 Å². The molecule has 6 nitrogen and oxygen atoms in total. The molecular formula is C16H16N3O3S-. The summed E-state index contributed by atoms with van der Waals surface area (Å²) in [5.41, 5.74) is 1.84. The summed E-state index contributed by atoms with van der Waals surface area (Å²) in [6, 6.07) is 6.72. The van der Waals surface area contributed by atoms with Gasteiger partial charge in [-0.2, -0.15) is 11.8 Å². The van der Waals surface area contributed by atoms with Gasteiger partial charge >= 0.3 is 0 Å². The Morgan fingerprint density at radius 2 is 2.17 bits per heavy atom. The summed E-state index contributed by atoms with van der Waals surface area (Å²) in [6.45, 7) is 1.77. The molecule has 0 saturated carbocycles. The number of thioether (sulfide) groups is 1. The van der Waals surface area contributed by atoms with E-state index >= 15 is 0 Å². The van der Waals surface area contributed by atoms with Crippen LogP contribution in [-0.4, -0.2) is 34.0 Å². The predicted octanol–water partition coefficient (Wildman–Crippen LogP) is 1.97. The highest BCUT2D eigenvalue weighted by Gasteiger charge is 2.18. The number of anilines is 1. The number of rotatable bonds is 6. The number of nitrogens with one attached hydrogen (secondary N) is 1. The number of benzene rings is 1. The van der Waals surface area contributed by atoms with Crippen molar-refractivity contribution in [2.75, 3.05) is 17.3 Å². The van der Waals surface area contributed by atoms with Crippen molar-refractivity contribution in [3.8, 4) is 0 Å². The average Bonchev–Trinajstić information content (AvgIpc) is 2.90. The number of aromatic nitrogens is 2. The normalized spacial score (nSPS) is 12.6. The number of aliphatic carboxylic acids is 1. The molecule has 0 aliphatic heterocycles. The summed E-state index contributed by atoms with van der Waals surface area (Å²) in [6.07, 6.45) is 2.37. The summed E-state index contributed by atoms with van der Waals surface area (Å²) in [7, 11) is 0. The molecule has 0 spiro atoms. The molecule has 0 aliphatic rings. The minimum Gasteiger partial charge on any atom is -0.548 e. The van der Waals surface area contributed by atoms with E-state index in [0.29, 0.717) is 40.5 Å². The Bertz CT molecular complexity index is 862. The highest BCUT2D eigenvalue weighted by Crippen LogP contribution is 2.31. The SMILES string of the molecule is CSCC[C@@H](Nc1nc(C)nc2c1oc1ccccc12)C(=O)[O-]. The van der Waals surface area contributed by atoms with Crippen molar-refractivity contribution in [2.24, 2.45) is 0 Å². The standard InChI is InChI=1S/C16H17N3O3S/c1-9-17-13-10-5-3-4-6-12(10)22-14(13)15(18-9)19-11(16(20)21)7-8-23-2/h3-6,11H,7-8H2,1-2H3,(H,20,21)(H,17,18,19)/p-1/t11-/m1/s1. The van der Waals surface area contributed by atoms with Crippen molar-refractivity contribution in [1.82, 2.24) is 9.97 Å². The van der Waals surface area contributed by atoms with Crippen LogP contribution in [0.4, 0.5) is 5.82 Å². The molecule has 3 rings (SSSR count). The molecule has 0 saturated heterocycles. The second kappa shape index (κ2) is 6.45. The van der Waals surface area contributed by atoms with Crippen LogP contribution >= 0.6 is 11.8 Å². The van der Waals surface area contributed by atoms with Gasteiger partial charge in [0, 0.05) is 5.39 Å². The number of carboxylic acids is 1. The van der Waals surface area contributed by atoms with Crippen molar-refractivity contribution in [1.29, 1.82) is 0 Å². The first-order valence-corrected chi connectivity index (χ1v) is 8.61. The van der Waals surface area contributed by atoms with Crippen LogP contribution < -0.4 is 10.4 Å². The lowest BCUT2D eigenvalue weighted by atomic mass is 10.2. The van der Waals surface area contributed by atoms with Gasteiger partial charge in [0.15, 0.2) is 11.4 Å². The molecule has 0 radical (unpaired) electrons. The number of hydrogen-bond acceptors (Lipinski definition) is 7. The van der Waals surface area contributed by atoms with E-state index in [9.17, 15) is 9.90 Å². The van der Waals surface area contributed by atoms with Crippen molar-refractivity contribution in [2.45, 2.75) is 19.4 Å². The summed E-state index contributed by atoms with van der Waals surface area (Å²) in [5.74, 6) is 0.492. The molecule has 2 heterocycles. The number of carbonyl (C=O) groups is 1. The maximum atomic E-state index is 11.3. The molecule has 0 aliphatic carbocycles. The van der Waals surface area contributed by atoms with Gasteiger partial charge in [-0.1, -0.05) is 12.1 Å². The van der Waals surface area contributed by atoms with Gasteiger partial charge in [-0.15, -0.1) is 0 Å². The van der Waals surface area contributed by atoms with E-state index in [-0.39, 0.29) is 0 Å². The molecule has 0 fully saturated rings. The molecule has 23 heavy (non-hydrogen) atoms. The van der Waals surface area contributed by atoms with Crippen LogP contribution in [-0.2, 0) is 4.79 Å². The van der Waals surface area contributed by atoms with Gasteiger partial charge in [0.1, 0.15) is 16.9 Å². The minimum atomic E-state index is -1.15. The first-order valence-electron chi connectivity index (χ1n) is 7.22. The summed E-state index contributed by atoms with van der Waals surface area (Å²) in [4.78, 5) is 20.1. The number of carboxylic acid groups (broad SMARTS) is 1. The Kier molecular flexibility index (Phi) is 4.38. The fourth-order valence-corrected chi connectivity index (χ4v) is 2.92. The van der Waals surface area contributed by atoms with Crippen molar-refractivity contribution < 1.29 is 14.3 Å². The Labute approximate surface area is 137 Å². The molecule has 120 valence electrons.